The number of rotatable bonds is 3. The number of nitrogens with two attached hydrogens (primary N) is 1. The number of primary sulfonamides is 1. The zero-order chi connectivity index (χ0) is 11.5. The molecular weight excluding hydrogens is 220 g/mol. The van der Waals surface area contributed by atoms with Gasteiger partial charge >= 0.3 is 0 Å². The normalized spacial score (nSPS) is 11.8. The van der Waals surface area contributed by atoms with Crippen LogP contribution in [0.1, 0.15) is 5.56 Å². The van der Waals surface area contributed by atoms with E-state index in [1.54, 1.807) is 0 Å². The second kappa shape index (κ2) is 4.20. The van der Waals surface area contributed by atoms with E-state index in [-0.39, 0.29) is 5.69 Å². The van der Waals surface area contributed by atoms with Crippen molar-refractivity contribution in [2.45, 2.75) is 0 Å². The van der Waals surface area contributed by atoms with Gasteiger partial charge < -0.3 is 0 Å². The van der Waals surface area contributed by atoms with Crippen molar-refractivity contribution in [1.29, 1.82) is 0 Å². The van der Waals surface area contributed by atoms with Crippen LogP contribution in [0.4, 0.5) is 5.69 Å². The molecule has 0 bridgehead atoms. The molecule has 0 spiro atoms. The Hall–Kier alpha value is -1.73. The molecular formula is C8H8N2O4S. The third-order valence-corrected chi connectivity index (χ3v) is 2.05. The van der Waals surface area contributed by atoms with Gasteiger partial charge in [-0.3, -0.25) is 10.1 Å². The lowest BCUT2D eigenvalue weighted by atomic mass is 10.2. The summed E-state index contributed by atoms with van der Waals surface area (Å²) in [5.41, 5.74) is 0.296. The van der Waals surface area contributed by atoms with Crippen molar-refractivity contribution in [3.05, 3.63) is 45.4 Å². The predicted octanol–water partition coefficient (Wildman–Crippen LogP) is 0.854. The number of nitro groups is 1. The van der Waals surface area contributed by atoms with E-state index in [0.29, 0.717) is 5.56 Å². The number of non-ortho nitro benzene ring substituents is 1. The molecule has 0 fully saturated rings. The fraction of sp³-hybridized carbons (Fsp3) is 0. The van der Waals surface area contributed by atoms with Crippen LogP contribution in [-0.2, 0) is 10.0 Å². The minimum atomic E-state index is -3.71. The maximum atomic E-state index is 10.6. The first-order valence-electron chi connectivity index (χ1n) is 3.84. The van der Waals surface area contributed by atoms with Gasteiger partial charge in [0.05, 0.1) is 4.92 Å². The maximum Gasteiger partial charge on any atom is 0.270 e. The molecule has 0 aromatic heterocycles. The van der Waals surface area contributed by atoms with Crippen molar-refractivity contribution in [1.82, 2.24) is 0 Å². The second-order valence-electron chi connectivity index (χ2n) is 2.74. The average molecular weight is 228 g/mol. The van der Waals surface area contributed by atoms with Crippen molar-refractivity contribution >= 4 is 21.8 Å². The van der Waals surface area contributed by atoms with Crippen molar-refractivity contribution in [2.24, 2.45) is 5.14 Å². The quantitative estimate of drug-likeness (QED) is 0.611. The number of sulfonamides is 1. The van der Waals surface area contributed by atoms with Crippen LogP contribution in [-0.4, -0.2) is 13.3 Å². The highest BCUT2D eigenvalue weighted by Gasteiger charge is 2.04. The Balaban J connectivity index is 3.02. The van der Waals surface area contributed by atoms with Gasteiger partial charge in [-0.05, 0) is 11.6 Å². The van der Waals surface area contributed by atoms with E-state index in [4.69, 9.17) is 5.14 Å². The molecule has 1 aromatic carbocycles. The van der Waals surface area contributed by atoms with Gasteiger partial charge in [0.2, 0.25) is 10.0 Å². The van der Waals surface area contributed by atoms with Crippen molar-refractivity contribution in [3.8, 4) is 0 Å². The highest BCUT2D eigenvalue weighted by molar-refractivity contribution is 7.92. The van der Waals surface area contributed by atoms with Crippen LogP contribution < -0.4 is 5.14 Å². The smallest absolute Gasteiger partial charge is 0.258 e. The van der Waals surface area contributed by atoms with Gasteiger partial charge in [0.15, 0.2) is 0 Å². The molecule has 2 N–H and O–H groups in total. The standard InChI is InChI=1S/C8H8N2O4S/c9-15(13,14)5-4-7-2-1-3-8(6-7)10(11)12/h1-6H,(H2,9,13,14). The summed E-state index contributed by atoms with van der Waals surface area (Å²) in [6.07, 6.45) is 1.20. The molecule has 0 aliphatic carbocycles. The third-order valence-electron chi connectivity index (χ3n) is 1.53. The third kappa shape index (κ3) is 3.88. The lowest BCUT2D eigenvalue weighted by Crippen LogP contribution is -2.06. The fourth-order valence-electron chi connectivity index (χ4n) is 0.915. The van der Waals surface area contributed by atoms with Crippen LogP contribution in [0, 0.1) is 10.1 Å². The highest BCUT2D eigenvalue weighted by Crippen LogP contribution is 2.14. The molecule has 6 nitrogen and oxygen atoms in total. The molecule has 0 aliphatic heterocycles. The van der Waals surface area contributed by atoms with Crippen LogP contribution in [0.15, 0.2) is 29.7 Å². The lowest BCUT2D eigenvalue weighted by molar-refractivity contribution is -0.384. The number of nitrogens with zero attached hydrogens (tertiary/aromatic N) is 1. The lowest BCUT2D eigenvalue weighted by Gasteiger charge is -1.93. The monoisotopic (exact) mass is 228 g/mol. The van der Waals surface area contributed by atoms with E-state index in [0.717, 1.165) is 5.41 Å². The van der Waals surface area contributed by atoms with Crippen molar-refractivity contribution < 1.29 is 13.3 Å². The highest BCUT2D eigenvalue weighted by atomic mass is 32.2. The van der Waals surface area contributed by atoms with Crippen LogP contribution in [0.5, 0.6) is 0 Å². The van der Waals surface area contributed by atoms with Gasteiger partial charge in [-0.15, -0.1) is 0 Å². The first-order valence-corrected chi connectivity index (χ1v) is 5.45. The largest absolute Gasteiger partial charge is 0.270 e. The Kier molecular flexibility index (Phi) is 3.17. The molecule has 0 saturated carbocycles. The topological polar surface area (TPSA) is 103 Å². The minimum absolute atomic E-state index is 0.105. The van der Waals surface area contributed by atoms with Crippen LogP contribution in [0.2, 0.25) is 0 Å². The Morgan fingerprint density at radius 2 is 2.07 bits per heavy atom. The molecule has 0 atom stereocenters. The average Bonchev–Trinajstić information content (AvgIpc) is 2.14. The number of nitro benzene ring substituents is 1. The molecule has 15 heavy (non-hydrogen) atoms. The maximum absolute atomic E-state index is 10.6. The fourth-order valence-corrected chi connectivity index (χ4v) is 1.26. The van der Waals surface area contributed by atoms with Gasteiger partial charge in [-0.25, -0.2) is 13.6 Å². The Morgan fingerprint density at radius 1 is 1.40 bits per heavy atom. The summed E-state index contributed by atoms with van der Waals surface area (Å²) in [6, 6.07) is 5.56. The molecule has 1 aromatic rings. The molecule has 0 saturated heterocycles. The first kappa shape index (κ1) is 11.3. The summed E-state index contributed by atoms with van der Waals surface area (Å²) in [5.74, 6) is 0. The summed E-state index contributed by atoms with van der Waals surface area (Å²) >= 11 is 0. The van der Waals surface area contributed by atoms with Crippen molar-refractivity contribution in [2.75, 3.05) is 0 Å². The van der Waals surface area contributed by atoms with E-state index < -0.39 is 14.9 Å². The molecule has 0 unspecified atom stereocenters. The van der Waals surface area contributed by atoms with Crippen LogP contribution in [0.3, 0.4) is 0 Å². The van der Waals surface area contributed by atoms with Gasteiger partial charge in [0.1, 0.15) is 0 Å². The molecule has 0 aliphatic rings. The van der Waals surface area contributed by atoms with Crippen molar-refractivity contribution in [3.63, 3.8) is 0 Å². The summed E-state index contributed by atoms with van der Waals surface area (Å²) in [4.78, 5) is 9.83. The summed E-state index contributed by atoms with van der Waals surface area (Å²) in [6.45, 7) is 0. The Labute approximate surface area is 86.2 Å². The molecule has 7 heteroatoms. The molecule has 0 radical (unpaired) electrons. The summed E-state index contributed by atoms with van der Waals surface area (Å²) in [7, 11) is -3.71. The summed E-state index contributed by atoms with van der Waals surface area (Å²) in [5, 5.41) is 15.9. The van der Waals surface area contributed by atoms with Gasteiger partial charge in [-0.2, -0.15) is 0 Å². The van der Waals surface area contributed by atoms with E-state index in [1.165, 1.54) is 30.3 Å². The molecule has 0 heterocycles. The number of hydrogen-bond acceptors (Lipinski definition) is 4. The van der Waals surface area contributed by atoms with E-state index >= 15 is 0 Å². The summed E-state index contributed by atoms with van der Waals surface area (Å²) < 4.78 is 21.2. The Bertz CT molecular complexity index is 507. The number of hydrogen-bond donors (Lipinski definition) is 1. The van der Waals surface area contributed by atoms with Gasteiger partial charge in [0, 0.05) is 17.5 Å². The second-order valence-corrected chi connectivity index (χ2v) is 4.19. The van der Waals surface area contributed by atoms with E-state index in [2.05, 4.69) is 0 Å². The minimum Gasteiger partial charge on any atom is -0.258 e. The van der Waals surface area contributed by atoms with Crippen LogP contribution in [0.25, 0.3) is 6.08 Å². The first-order chi connectivity index (χ1) is 6.88. The molecule has 0 amide bonds. The van der Waals surface area contributed by atoms with Crippen LogP contribution >= 0.6 is 0 Å². The van der Waals surface area contributed by atoms with E-state index in [1.807, 2.05) is 0 Å². The zero-order valence-corrected chi connectivity index (χ0v) is 8.35. The van der Waals surface area contributed by atoms with E-state index in [9.17, 15) is 18.5 Å². The Morgan fingerprint density at radius 3 is 2.60 bits per heavy atom. The predicted molar refractivity (Wildman–Crippen MR) is 55.2 cm³/mol. The number of benzene rings is 1. The molecule has 80 valence electrons. The zero-order valence-electron chi connectivity index (χ0n) is 7.53. The molecule has 1 rings (SSSR count). The van der Waals surface area contributed by atoms with Gasteiger partial charge in [0.25, 0.3) is 5.69 Å². The SMILES string of the molecule is NS(=O)(=O)C=Cc1cccc([N+](=O)[O-])c1. The van der Waals surface area contributed by atoms with Gasteiger partial charge in [-0.1, -0.05) is 12.1 Å².